The second kappa shape index (κ2) is 8.43. The summed E-state index contributed by atoms with van der Waals surface area (Å²) in [7, 11) is 1.66. The molecule has 3 rings (SSSR count). The number of benzene rings is 2. The second-order valence-corrected chi connectivity index (χ2v) is 6.10. The number of nitrogens with zero attached hydrogens (tertiary/aromatic N) is 2. The minimum Gasteiger partial charge on any atom is -0.497 e. The summed E-state index contributed by atoms with van der Waals surface area (Å²) in [6.07, 6.45) is 1.70. The molecule has 136 valence electrons. The highest BCUT2D eigenvalue weighted by atomic mass is 16.5. The molecule has 26 heavy (non-hydrogen) atoms. The lowest BCUT2D eigenvalue weighted by molar-refractivity contribution is 0.0747. The summed E-state index contributed by atoms with van der Waals surface area (Å²) in [6.45, 7) is 7.13. The fourth-order valence-electron chi connectivity index (χ4n) is 2.99. The van der Waals surface area contributed by atoms with Gasteiger partial charge in [0.1, 0.15) is 18.1 Å². The highest BCUT2D eigenvalue weighted by molar-refractivity contribution is 5.94. The van der Waals surface area contributed by atoms with E-state index in [1.54, 1.807) is 13.2 Å². The topological polar surface area (TPSA) is 42.0 Å². The number of ether oxygens (including phenoxy) is 2. The van der Waals surface area contributed by atoms with Gasteiger partial charge in [0.15, 0.2) is 0 Å². The van der Waals surface area contributed by atoms with Crippen LogP contribution in [0.1, 0.15) is 10.4 Å². The van der Waals surface area contributed by atoms with Gasteiger partial charge in [-0.05, 0) is 48.5 Å². The van der Waals surface area contributed by atoms with Gasteiger partial charge in [-0.25, -0.2) is 0 Å². The molecule has 0 atom stereocenters. The Bertz CT molecular complexity index is 733. The van der Waals surface area contributed by atoms with Gasteiger partial charge in [-0.2, -0.15) is 0 Å². The molecular formula is C21H24N2O3. The lowest BCUT2D eigenvalue weighted by atomic mass is 10.1. The van der Waals surface area contributed by atoms with Crippen LogP contribution in [0.15, 0.2) is 61.2 Å². The molecule has 1 amide bonds. The van der Waals surface area contributed by atoms with Crippen molar-refractivity contribution in [3.8, 4) is 11.5 Å². The lowest BCUT2D eigenvalue weighted by Crippen LogP contribution is -2.48. The number of amides is 1. The molecule has 5 nitrogen and oxygen atoms in total. The second-order valence-electron chi connectivity index (χ2n) is 6.10. The third kappa shape index (κ3) is 4.17. The summed E-state index contributed by atoms with van der Waals surface area (Å²) in [5.41, 5.74) is 1.84. The molecule has 1 aliphatic heterocycles. The van der Waals surface area contributed by atoms with E-state index in [-0.39, 0.29) is 5.91 Å². The Labute approximate surface area is 154 Å². The van der Waals surface area contributed by atoms with Crippen molar-refractivity contribution in [2.45, 2.75) is 0 Å². The third-order valence-corrected chi connectivity index (χ3v) is 4.47. The molecule has 0 saturated carbocycles. The van der Waals surface area contributed by atoms with E-state index in [1.807, 2.05) is 41.3 Å². The van der Waals surface area contributed by atoms with Crippen molar-refractivity contribution in [2.75, 3.05) is 44.8 Å². The standard InChI is InChI=1S/C21H24N2O3/c1-3-16-26-20-8-4-17(5-9-20)21(24)23-14-12-22(13-15-23)18-6-10-19(25-2)11-7-18/h3-11H,1,12-16H2,2H3. The first-order valence-corrected chi connectivity index (χ1v) is 8.73. The number of hydrogen-bond donors (Lipinski definition) is 0. The molecule has 1 fully saturated rings. The Morgan fingerprint density at radius 2 is 1.62 bits per heavy atom. The van der Waals surface area contributed by atoms with Crippen molar-refractivity contribution in [1.82, 2.24) is 4.90 Å². The zero-order chi connectivity index (χ0) is 18.4. The Hall–Kier alpha value is -2.95. The van der Waals surface area contributed by atoms with E-state index in [9.17, 15) is 4.79 Å². The van der Waals surface area contributed by atoms with Crippen LogP contribution in [0, 0.1) is 0 Å². The zero-order valence-electron chi connectivity index (χ0n) is 15.1. The SMILES string of the molecule is C=CCOc1ccc(C(=O)N2CCN(c3ccc(OC)cc3)CC2)cc1. The van der Waals surface area contributed by atoms with Gasteiger partial charge < -0.3 is 19.3 Å². The van der Waals surface area contributed by atoms with Crippen LogP contribution < -0.4 is 14.4 Å². The van der Waals surface area contributed by atoms with Crippen molar-refractivity contribution < 1.29 is 14.3 Å². The van der Waals surface area contributed by atoms with Crippen molar-refractivity contribution in [2.24, 2.45) is 0 Å². The summed E-state index contributed by atoms with van der Waals surface area (Å²) >= 11 is 0. The zero-order valence-corrected chi connectivity index (χ0v) is 15.1. The third-order valence-electron chi connectivity index (χ3n) is 4.47. The van der Waals surface area contributed by atoms with E-state index >= 15 is 0 Å². The average molecular weight is 352 g/mol. The van der Waals surface area contributed by atoms with Crippen LogP contribution in [0.3, 0.4) is 0 Å². The summed E-state index contributed by atoms with van der Waals surface area (Å²) in [5, 5.41) is 0. The van der Waals surface area contributed by atoms with Crippen LogP contribution in [0.2, 0.25) is 0 Å². The molecule has 0 radical (unpaired) electrons. The monoisotopic (exact) mass is 352 g/mol. The van der Waals surface area contributed by atoms with Crippen LogP contribution in [0.4, 0.5) is 5.69 Å². The number of rotatable bonds is 6. The Morgan fingerprint density at radius 3 is 2.19 bits per heavy atom. The van der Waals surface area contributed by atoms with Crippen molar-refractivity contribution in [3.05, 3.63) is 66.7 Å². The van der Waals surface area contributed by atoms with Crippen LogP contribution >= 0.6 is 0 Å². The molecule has 2 aromatic rings. The maximum atomic E-state index is 12.7. The van der Waals surface area contributed by atoms with Gasteiger partial charge in [0.05, 0.1) is 7.11 Å². The number of piperazine rings is 1. The molecule has 0 bridgehead atoms. The van der Waals surface area contributed by atoms with E-state index in [0.29, 0.717) is 25.3 Å². The fourth-order valence-corrected chi connectivity index (χ4v) is 2.99. The van der Waals surface area contributed by atoms with Gasteiger partial charge in [-0.1, -0.05) is 12.7 Å². The molecule has 0 unspecified atom stereocenters. The minimum absolute atomic E-state index is 0.0645. The van der Waals surface area contributed by atoms with Gasteiger partial charge in [0, 0.05) is 37.4 Å². The number of hydrogen-bond acceptors (Lipinski definition) is 4. The van der Waals surface area contributed by atoms with E-state index < -0.39 is 0 Å². The smallest absolute Gasteiger partial charge is 0.253 e. The molecule has 0 aromatic heterocycles. The first-order chi connectivity index (χ1) is 12.7. The molecule has 0 spiro atoms. The van der Waals surface area contributed by atoms with E-state index in [4.69, 9.17) is 9.47 Å². The van der Waals surface area contributed by atoms with Crippen LogP contribution in [0.25, 0.3) is 0 Å². The summed E-state index contributed by atoms with van der Waals surface area (Å²) in [6, 6.07) is 15.3. The number of anilines is 1. The van der Waals surface area contributed by atoms with Crippen LogP contribution in [0.5, 0.6) is 11.5 Å². The first kappa shape index (κ1) is 17.9. The summed E-state index contributed by atoms with van der Waals surface area (Å²) in [5.74, 6) is 1.66. The predicted molar refractivity (Wildman–Crippen MR) is 103 cm³/mol. The Kier molecular flexibility index (Phi) is 5.79. The quantitative estimate of drug-likeness (QED) is 0.749. The fraction of sp³-hybridized carbons (Fsp3) is 0.286. The van der Waals surface area contributed by atoms with Crippen LogP contribution in [-0.4, -0.2) is 50.7 Å². The molecular weight excluding hydrogens is 328 g/mol. The van der Waals surface area contributed by atoms with Crippen molar-refractivity contribution in [1.29, 1.82) is 0 Å². The Morgan fingerprint density at radius 1 is 1.00 bits per heavy atom. The van der Waals surface area contributed by atoms with E-state index in [1.165, 1.54) is 0 Å². The number of methoxy groups -OCH3 is 1. The lowest BCUT2D eigenvalue weighted by Gasteiger charge is -2.36. The summed E-state index contributed by atoms with van der Waals surface area (Å²) in [4.78, 5) is 16.9. The molecule has 0 N–H and O–H groups in total. The molecule has 1 aliphatic rings. The number of carbonyl (C=O) groups excluding carboxylic acids is 1. The normalized spacial score (nSPS) is 14.0. The highest BCUT2D eigenvalue weighted by Crippen LogP contribution is 2.21. The molecule has 5 heteroatoms. The van der Waals surface area contributed by atoms with Gasteiger partial charge in [0.2, 0.25) is 0 Å². The average Bonchev–Trinajstić information content (AvgIpc) is 2.72. The van der Waals surface area contributed by atoms with Crippen molar-refractivity contribution in [3.63, 3.8) is 0 Å². The van der Waals surface area contributed by atoms with Crippen molar-refractivity contribution >= 4 is 11.6 Å². The minimum atomic E-state index is 0.0645. The molecule has 2 aromatic carbocycles. The maximum Gasteiger partial charge on any atom is 0.253 e. The highest BCUT2D eigenvalue weighted by Gasteiger charge is 2.22. The summed E-state index contributed by atoms with van der Waals surface area (Å²) < 4.78 is 10.7. The first-order valence-electron chi connectivity index (χ1n) is 8.73. The molecule has 1 saturated heterocycles. The van der Waals surface area contributed by atoms with Gasteiger partial charge in [-0.15, -0.1) is 0 Å². The van der Waals surface area contributed by atoms with Gasteiger partial charge >= 0.3 is 0 Å². The molecule has 1 heterocycles. The largest absolute Gasteiger partial charge is 0.497 e. The number of carbonyl (C=O) groups is 1. The predicted octanol–water partition coefficient (Wildman–Crippen LogP) is 3.22. The van der Waals surface area contributed by atoms with E-state index in [2.05, 4.69) is 23.6 Å². The van der Waals surface area contributed by atoms with Crippen LogP contribution in [-0.2, 0) is 0 Å². The molecule has 0 aliphatic carbocycles. The van der Waals surface area contributed by atoms with Gasteiger partial charge in [0.25, 0.3) is 5.91 Å². The maximum absolute atomic E-state index is 12.7. The Balaban J connectivity index is 1.56. The van der Waals surface area contributed by atoms with Gasteiger partial charge in [-0.3, -0.25) is 4.79 Å². The van der Waals surface area contributed by atoms with E-state index in [0.717, 1.165) is 30.3 Å².